The number of phenolic OH excluding ortho intramolecular Hbond substituents is 1. The minimum atomic E-state index is -0.207. The number of ether oxygens (including phenoxy) is 3. The Morgan fingerprint density at radius 1 is 1.27 bits per heavy atom. The summed E-state index contributed by atoms with van der Waals surface area (Å²) in [5.74, 6) is 0.210. The van der Waals surface area contributed by atoms with E-state index in [4.69, 9.17) is 14.2 Å². The van der Waals surface area contributed by atoms with Crippen LogP contribution in [0.1, 0.15) is 40.9 Å². The Balaban J connectivity index is 1.68. The third-order valence-electron chi connectivity index (χ3n) is 5.28. The lowest BCUT2D eigenvalue weighted by Gasteiger charge is -2.25. The van der Waals surface area contributed by atoms with Crippen molar-refractivity contribution in [3.05, 3.63) is 29.0 Å². The van der Waals surface area contributed by atoms with Gasteiger partial charge in [-0.1, -0.05) is 0 Å². The zero-order chi connectivity index (χ0) is 18.3. The van der Waals surface area contributed by atoms with Crippen molar-refractivity contribution in [3.63, 3.8) is 0 Å². The van der Waals surface area contributed by atoms with Crippen molar-refractivity contribution in [3.8, 4) is 11.6 Å². The van der Waals surface area contributed by atoms with Gasteiger partial charge in [0.1, 0.15) is 5.75 Å². The van der Waals surface area contributed by atoms with Crippen LogP contribution in [0.5, 0.6) is 11.6 Å². The Hall–Kier alpha value is -2.18. The number of benzene rings is 1. The first-order valence-corrected chi connectivity index (χ1v) is 9.06. The summed E-state index contributed by atoms with van der Waals surface area (Å²) >= 11 is 0. The van der Waals surface area contributed by atoms with Crippen molar-refractivity contribution in [1.82, 2.24) is 4.98 Å². The molecular weight excluding hydrogens is 334 g/mol. The number of rotatable bonds is 4. The highest BCUT2D eigenvalue weighted by molar-refractivity contribution is 6.09. The summed E-state index contributed by atoms with van der Waals surface area (Å²) in [5, 5.41) is 12.2. The van der Waals surface area contributed by atoms with E-state index in [0.29, 0.717) is 42.9 Å². The third kappa shape index (κ3) is 2.93. The van der Waals surface area contributed by atoms with Crippen molar-refractivity contribution in [1.29, 1.82) is 0 Å². The van der Waals surface area contributed by atoms with Crippen LogP contribution in [0, 0.1) is 12.8 Å². The van der Waals surface area contributed by atoms with Gasteiger partial charge in [0.2, 0.25) is 5.88 Å². The first kappa shape index (κ1) is 17.2. The van der Waals surface area contributed by atoms with E-state index in [1.807, 2.05) is 19.1 Å². The van der Waals surface area contributed by atoms with Crippen LogP contribution in [-0.4, -0.2) is 42.5 Å². The van der Waals surface area contributed by atoms with Crippen LogP contribution in [0.15, 0.2) is 12.1 Å². The number of Topliss-reactive ketones (excluding diaryl/α,β-unsaturated/α-hetero) is 1. The summed E-state index contributed by atoms with van der Waals surface area (Å²) in [7, 11) is 1.52. The molecule has 0 amide bonds. The number of aromatic hydroxyl groups is 1. The third-order valence-corrected chi connectivity index (χ3v) is 5.28. The number of carbonyl (C=O) groups excluding carboxylic acids is 1. The maximum Gasteiger partial charge on any atom is 0.225 e. The zero-order valence-corrected chi connectivity index (χ0v) is 15.1. The van der Waals surface area contributed by atoms with Gasteiger partial charge in [-0.15, -0.1) is 0 Å². The maximum absolute atomic E-state index is 13.0. The minimum Gasteiger partial charge on any atom is -0.506 e. The minimum absolute atomic E-state index is 0.00808. The highest BCUT2D eigenvalue weighted by atomic mass is 16.7. The smallest absolute Gasteiger partial charge is 0.225 e. The second-order valence-corrected chi connectivity index (χ2v) is 6.98. The molecule has 0 bridgehead atoms. The summed E-state index contributed by atoms with van der Waals surface area (Å²) in [6.45, 7) is 3.11. The molecule has 6 nitrogen and oxygen atoms in total. The number of carbonyl (C=O) groups is 1. The Morgan fingerprint density at radius 2 is 2.04 bits per heavy atom. The van der Waals surface area contributed by atoms with Crippen molar-refractivity contribution < 1.29 is 24.1 Å². The van der Waals surface area contributed by atoms with Gasteiger partial charge in [-0.05, 0) is 55.7 Å². The molecule has 2 aliphatic rings. The van der Waals surface area contributed by atoms with E-state index >= 15 is 0 Å². The number of hydrogen-bond acceptors (Lipinski definition) is 6. The fraction of sp³-hybridized carbons (Fsp3) is 0.500. The van der Waals surface area contributed by atoms with Gasteiger partial charge in [0, 0.05) is 11.6 Å². The topological polar surface area (TPSA) is 77.9 Å². The van der Waals surface area contributed by atoms with E-state index in [9.17, 15) is 9.90 Å². The van der Waals surface area contributed by atoms with E-state index in [-0.39, 0.29) is 23.7 Å². The van der Waals surface area contributed by atoms with Crippen LogP contribution >= 0.6 is 0 Å². The fourth-order valence-corrected chi connectivity index (χ4v) is 4.03. The van der Waals surface area contributed by atoms with Crippen LogP contribution < -0.4 is 4.74 Å². The normalized spacial score (nSPS) is 20.5. The molecule has 26 heavy (non-hydrogen) atoms. The van der Waals surface area contributed by atoms with Crippen molar-refractivity contribution >= 4 is 16.6 Å². The molecule has 1 N–H and O–H groups in total. The van der Waals surface area contributed by atoms with Crippen LogP contribution in [-0.2, 0) is 15.9 Å². The predicted octanol–water partition coefficient (Wildman–Crippen LogP) is 3.16. The second kappa shape index (κ2) is 6.85. The number of aryl methyl sites for hydroxylation is 2. The lowest BCUT2D eigenvalue weighted by atomic mass is 9.79. The molecule has 138 valence electrons. The molecule has 1 aliphatic carbocycles. The van der Waals surface area contributed by atoms with Gasteiger partial charge in [-0.3, -0.25) is 4.79 Å². The molecule has 1 saturated heterocycles. The van der Waals surface area contributed by atoms with E-state index in [2.05, 4.69) is 4.98 Å². The van der Waals surface area contributed by atoms with Crippen molar-refractivity contribution in [2.45, 2.75) is 38.9 Å². The first-order valence-electron chi connectivity index (χ1n) is 9.06. The van der Waals surface area contributed by atoms with E-state index in [1.165, 1.54) is 7.11 Å². The average molecular weight is 357 g/mol. The summed E-state index contributed by atoms with van der Waals surface area (Å²) in [5.41, 5.74) is 2.13. The second-order valence-electron chi connectivity index (χ2n) is 6.98. The summed E-state index contributed by atoms with van der Waals surface area (Å²) in [4.78, 5) is 17.4. The highest BCUT2D eigenvalue weighted by Gasteiger charge is 2.32. The average Bonchev–Trinajstić information content (AvgIpc) is 3.13. The van der Waals surface area contributed by atoms with Crippen molar-refractivity contribution in [2.24, 2.45) is 5.92 Å². The number of hydrogen-bond donors (Lipinski definition) is 1. The number of pyridine rings is 1. The standard InChI is InChI=1S/C20H23NO5/c1-11-9-14-10-13-4-3-12(5-6-15-25-7-8-26-15)18(22)16(13)19(23)17(14)20(21-11)24-2/h9-10,12,15,23H,3-8H2,1-2H3. The van der Waals surface area contributed by atoms with Crippen LogP contribution in [0.4, 0.5) is 0 Å². The lowest BCUT2D eigenvalue weighted by Crippen LogP contribution is -2.24. The first-order chi connectivity index (χ1) is 12.6. The molecular formula is C20H23NO5. The molecule has 1 aromatic heterocycles. The van der Waals surface area contributed by atoms with E-state index < -0.39 is 0 Å². The Labute approximate surface area is 152 Å². The molecule has 1 aromatic carbocycles. The van der Waals surface area contributed by atoms with Crippen LogP contribution in [0.3, 0.4) is 0 Å². The van der Waals surface area contributed by atoms with E-state index in [0.717, 1.165) is 29.5 Å². The molecule has 6 heteroatoms. The molecule has 0 saturated carbocycles. The lowest BCUT2D eigenvalue weighted by molar-refractivity contribution is -0.0496. The number of fused-ring (bicyclic) bond motifs is 2. The Kier molecular flexibility index (Phi) is 4.54. The van der Waals surface area contributed by atoms with Gasteiger partial charge in [0.25, 0.3) is 0 Å². The predicted molar refractivity (Wildman–Crippen MR) is 95.8 cm³/mol. The number of aromatic nitrogens is 1. The quantitative estimate of drug-likeness (QED) is 0.906. The van der Waals surface area contributed by atoms with Crippen LogP contribution in [0.2, 0.25) is 0 Å². The largest absolute Gasteiger partial charge is 0.506 e. The molecule has 0 spiro atoms. The molecule has 1 fully saturated rings. The molecule has 2 heterocycles. The molecule has 1 aliphatic heterocycles. The van der Waals surface area contributed by atoms with Gasteiger partial charge in [-0.2, -0.15) is 0 Å². The van der Waals surface area contributed by atoms with Gasteiger partial charge in [0.05, 0.1) is 31.3 Å². The Morgan fingerprint density at radius 3 is 2.77 bits per heavy atom. The highest BCUT2D eigenvalue weighted by Crippen LogP contribution is 2.42. The SMILES string of the molecule is COc1nc(C)cc2cc3c(c(O)c12)C(=O)C(CCC1OCCO1)CC3. The number of nitrogens with zero attached hydrogens (tertiary/aromatic N) is 1. The monoisotopic (exact) mass is 357 g/mol. The van der Waals surface area contributed by atoms with Gasteiger partial charge in [-0.25, -0.2) is 4.98 Å². The van der Waals surface area contributed by atoms with E-state index in [1.54, 1.807) is 0 Å². The molecule has 1 atom stereocenters. The number of methoxy groups -OCH3 is 1. The maximum atomic E-state index is 13.0. The molecule has 4 rings (SSSR count). The summed E-state index contributed by atoms with van der Waals surface area (Å²) in [6, 6.07) is 3.89. The molecule has 0 radical (unpaired) electrons. The summed E-state index contributed by atoms with van der Waals surface area (Å²) < 4.78 is 16.3. The number of phenols is 1. The number of ketones is 1. The van der Waals surface area contributed by atoms with Gasteiger partial charge in [0.15, 0.2) is 12.1 Å². The Bertz CT molecular complexity index is 857. The summed E-state index contributed by atoms with van der Waals surface area (Å²) in [6.07, 6.45) is 2.74. The molecule has 1 unspecified atom stereocenters. The zero-order valence-electron chi connectivity index (χ0n) is 15.1. The van der Waals surface area contributed by atoms with Gasteiger partial charge >= 0.3 is 0 Å². The fourth-order valence-electron chi connectivity index (χ4n) is 4.03. The molecule has 2 aromatic rings. The van der Waals surface area contributed by atoms with Crippen LogP contribution in [0.25, 0.3) is 10.8 Å². The van der Waals surface area contributed by atoms with Crippen molar-refractivity contribution in [2.75, 3.05) is 20.3 Å². The van der Waals surface area contributed by atoms with Gasteiger partial charge < -0.3 is 19.3 Å².